The number of hydrogen-bond donors (Lipinski definition) is 4. The fourth-order valence-corrected chi connectivity index (χ4v) is 5.42. The molecule has 27 heavy (non-hydrogen) atoms. The maximum Gasteiger partial charge on any atom is 0.168 e. The summed E-state index contributed by atoms with van der Waals surface area (Å²) in [7, 11) is 0. The molecule has 6 heteroatoms. The van der Waals surface area contributed by atoms with Gasteiger partial charge in [0.25, 0.3) is 0 Å². The molecule has 2 aliphatic rings. The van der Waals surface area contributed by atoms with Gasteiger partial charge in [-0.25, -0.2) is 0 Å². The van der Waals surface area contributed by atoms with E-state index in [1.807, 2.05) is 12.1 Å². The molecular weight excluding hydrogens is 364 g/mol. The van der Waals surface area contributed by atoms with Crippen molar-refractivity contribution < 1.29 is 25.2 Å². The minimum absolute atomic E-state index is 0.306. The molecule has 0 saturated carbocycles. The standard InChI is InChI=1S/C21H24O5S/c1-12-2-4-13(5-3-12)8-14-6-7-15-11-26-21(16(15)9-14)20(25)19(24)18(23)17(10-22)27-21/h2-7,9,17-20,22-25H,8,10-11H2,1H3/t17-,18-,19+,20-,21?/m1/s1. The molecule has 0 aromatic heterocycles. The Hall–Kier alpha value is -1.41. The van der Waals surface area contributed by atoms with Gasteiger partial charge in [-0.2, -0.15) is 0 Å². The summed E-state index contributed by atoms with van der Waals surface area (Å²) in [5, 5.41) is 40.2. The summed E-state index contributed by atoms with van der Waals surface area (Å²) in [6.45, 7) is 2.07. The Morgan fingerprint density at radius 1 is 1.04 bits per heavy atom. The number of fused-ring (bicyclic) bond motifs is 2. The van der Waals surface area contributed by atoms with Crippen LogP contribution in [0.2, 0.25) is 0 Å². The van der Waals surface area contributed by atoms with Crippen LogP contribution in [0, 0.1) is 6.92 Å². The van der Waals surface area contributed by atoms with Crippen molar-refractivity contribution in [1.29, 1.82) is 0 Å². The van der Waals surface area contributed by atoms with Gasteiger partial charge >= 0.3 is 0 Å². The first kappa shape index (κ1) is 18.9. The molecule has 1 spiro atoms. The van der Waals surface area contributed by atoms with Crippen molar-refractivity contribution in [1.82, 2.24) is 0 Å². The van der Waals surface area contributed by atoms with Gasteiger partial charge in [-0.05, 0) is 30.0 Å². The molecule has 0 amide bonds. The number of aliphatic hydroxyl groups excluding tert-OH is 4. The predicted molar refractivity (Wildman–Crippen MR) is 103 cm³/mol. The first-order chi connectivity index (χ1) is 12.9. The van der Waals surface area contributed by atoms with Crippen LogP contribution in [-0.4, -0.2) is 50.6 Å². The highest BCUT2D eigenvalue weighted by Crippen LogP contribution is 2.54. The van der Waals surface area contributed by atoms with E-state index >= 15 is 0 Å². The molecule has 5 nitrogen and oxygen atoms in total. The van der Waals surface area contributed by atoms with E-state index in [4.69, 9.17) is 4.74 Å². The first-order valence-corrected chi connectivity index (χ1v) is 9.97. The van der Waals surface area contributed by atoms with Crippen LogP contribution in [-0.2, 0) is 22.7 Å². The number of thioether (sulfide) groups is 1. The molecule has 2 aliphatic heterocycles. The van der Waals surface area contributed by atoms with Crippen molar-refractivity contribution in [3.63, 3.8) is 0 Å². The fourth-order valence-electron chi connectivity index (χ4n) is 3.87. The average Bonchev–Trinajstić information content (AvgIpc) is 3.04. The number of hydrogen-bond acceptors (Lipinski definition) is 6. The maximum absolute atomic E-state index is 10.7. The maximum atomic E-state index is 10.7. The van der Waals surface area contributed by atoms with Gasteiger partial charge in [0.15, 0.2) is 4.93 Å². The third-order valence-electron chi connectivity index (χ3n) is 5.47. The highest BCUT2D eigenvalue weighted by molar-refractivity contribution is 8.00. The quantitative estimate of drug-likeness (QED) is 0.637. The summed E-state index contributed by atoms with van der Waals surface area (Å²) in [6.07, 6.45) is -3.12. The second-order valence-corrected chi connectivity index (χ2v) is 8.82. The molecule has 1 fully saturated rings. The molecule has 0 bridgehead atoms. The molecule has 4 N–H and O–H groups in total. The van der Waals surface area contributed by atoms with Gasteiger partial charge in [0.05, 0.1) is 24.6 Å². The van der Waals surface area contributed by atoms with Gasteiger partial charge in [0.2, 0.25) is 0 Å². The zero-order chi connectivity index (χ0) is 19.2. The zero-order valence-electron chi connectivity index (χ0n) is 15.1. The lowest BCUT2D eigenvalue weighted by molar-refractivity contribution is -0.147. The van der Waals surface area contributed by atoms with E-state index in [2.05, 4.69) is 37.3 Å². The Bertz CT molecular complexity index is 822. The predicted octanol–water partition coefficient (Wildman–Crippen LogP) is 1.46. The lowest BCUT2D eigenvalue weighted by Crippen LogP contribution is -2.58. The van der Waals surface area contributed by atoms with E-state index in [-0.39, 0.29) is 6.61 Å². The number of ether oxygens (including phenoxy) is 1. The number of rotatable bonds is 3. The van der Waals surface area contributed by atoms with Crippen LogP contribution in [0.4, 0.5) is 0 Å². The SMILES string of the molecule is Cc1ccc(Cc2ccc3c(c2)C2(OC3)S[C@H](CO)[C@@H](O)[C@H](O)[C@H]2O)cc1. The molecule has 0 aliphatic carbocycles. The van der Waals surface area contributed by atoms with Crippen LogP contribution >= 0.6 is 11.8 Å². The summed E-state index contributed by atoms with van der Waals surface area (Å²) >= 11 is 1.19. The van der Waals surface area contributed by atoms with Crippen LogP contribution in [0.3, 0.4) is 0 Å². The zero-order valence-corrected chi connectivity index (χ0v) is 15.9. The van der Waals surface area contributed by atoms with Crippen LogP contribution in [0.1, 0.15) is 27.8 Å². The highest BCUT2D eigenvalue weighted by Gasteiger charge is 2.57. The van der Waals surface area contributed by atoms with Crippen LogP contribution in [0.5, 0.6) is 0 Å². The Morgan fingerprint density at radius 3 is 2.44 bits per heavy atom. The highest BCUT2D eigenvalue weighted by atomic mass is 32.2. The molecule has 5 atom stereocenters. The third-order valence-corrected chi connectivity index (χ3v) is 7.13. The molecule has 0 radical (unpaired) electrons. The Labute approximate surface area is 162 Å². The Kier molecular flexibility index (Phi) is 5.05. The fraction of sp³-hybridized carbons (Fsp3) is 0.429. The van der Waals surface area contributed by atoms with Gasteiger partial charge < -0.3 is 25.2 Å². The molecule has 1 saturated heterocycles. The second kappa shape index (κ2) is 7.20. The summed E-state index contributed by atoms with van der Waals surface area (Å²) in [6, 6.07) is 14.4. The lowest BCUT2D eigenvalue weighted by Gasteiger charge is -2.45. The summed E-state index contributed by atoms with van der Waals surface area (Å²) in [4.78, 5) is -1.18. The smallest absolute Gasteiger partial charge is 0.168 e. The summed E-state index contributed by atoms with van der Waals surface area (Å²) < 4.78 is 5.97. The van der Waals surface area contributed by atoms with E-state index in [1.165, 1.54) is 22.9 Å². The van der Waals surface area contributed by atoms with E-state index in [9.17, 15) is 20.4 Å². The topological polar surface area (TPSA) is 90.2 Å². The summed E-state index contributed by atoms with van der Waals surface area (Å²) in [5.74, 6) is 0. The van der Waals surface area contributed by atoms with Crippen molar-refractivity contribution in [3.05, 3.63) is 70.3 Å². The lowest BCUT2D eigenvalue weighted by atomic mass is 9.91. The number of aryl methyl sites for hydroxylation is 1. The largest absolute Gasteiger partial charge is 0.395 e. The molecule has 2 aromatic carbocycles. The van der Waals surface area contributed by atoms with Crippen LogP contribution in [0.15, 0.2) is 42.5 Å². The van der Waals surface area contributed by atoms with E-state index in [0.717, 1.165) is 23.1 Å². The van der Waals surface area contributed by atoms with Crippen molar-refractivity contribution >= 4 is 11.8 Å². The van der Waals surface area contributed by atoms with Gasteiger partial charge in [-0.15, -0.1) is 11.8 Å². The Morgan fingerprint density at radius 2 is 1.74 bits per heavy atom. The normalized spacial score (nSPS) is 32.6. The van der Waals surface area contributed by atoms with Crippen molar-refractivity contribution in [2.45, 2.75) is 48.4 Å². The van der Waals surface area contributed by atoms with Gasteiger partial charge in [-0.3, -0.25) is 0 Å². The molecule has 1 unspecified atom stereocenters. The molecule has 4 rings (SSSR count). The Balaban J connectivity index is 1.69. The first-order valence-electron chi connectivity index (χ1n) is 9.09. The number of benzene rings is 2. The minimum Gasteiger partial charge on any atom is -0.395 e. The molecular formula is C21H24O5S. The van der Waals surface area contributed by atoms with Crippen molar-refractivity contribution in [3.8, 4) is 0 Å². The third kappa shape index (κ3) is 3.20. The van der Waals surface area contributed by atoms with Crippen molar-refractivity contribution in [2.75, 3.05) is 6.61 Å². The molecule has 2 aromatic rings. The van der Waals surface area contributed by atoms with Crippen molar-refractivity contribution in [2.24, 2.45) is 0 Å². The summed E-state index contributed by atoms with van der Waals surface area (Å²) in [5.41, 5.74) is 5.25. The van der Waals surface area contributed by atoms with E-state index in [0.29, 0.717) is 6.61 Å². The van der Waals surface area contributed by atoms with Crippen LogP contribution < -0.4 is 0 Å². The number of aliphatic hydroxyl groups is 4. The molecule has 2 heterocycles. The van der Waals surface area contributed by atoms with Gasteiger partial charge in [0.1, 0.15) is 12.2 Å². The van der Waals surface area contributed by atoms with Gasteiger partial charge in [0, 0.05) is 5.56 Å². The van der Waals surface area contributed by atoms with Crippen LogP contribution in [0.25, 0.3) is 0 Å². The average molecular weight is 388 g/mol. The monoisotopic (exact) mass is 388 g/mol. The van der Waals surface area contributed by atoms with E-state index < -0.39 is 28.5 Å². The van der Waals surface area contributed by atoms with Gasteiger partial charge in [-0.1, -0.05) is 48.0 Å². The molecule has 144 valence electrons. The van der Waals surface area contributed by atoms with E-state index in [1.54, 1.807) is 0 Å². The minimum atomic E-state index is -1.38. The second-order valence-electron chi connectivity index (χ2n) is 7.37.